The Morgan fingerprint density at radius 2 is 1.89 bits per heavy atom. The Hall–Kier alpha value is -0.520. The molecule has 2 N–H and O–H groups in total. The van der Waals surface area contributed by atoms with Crippen molar-refractivity contribution < 1.29 is 14.6 Å². The molecule has 4 atom stereocenters. The van der Waals surface area contributed by atoms with E-state index in [1.807, 2.05) is 0 Å². The summed E-state index contributed by atoms with van der Waals surface area (Å²) < 4.78 is 6.22. The number of thioether (sulfide) groups is 1. The van der Waals surface area contributed by atoms with E-state index in [1.54, 1.807) is 0 Å². The van der Waals surface area contributed by atoms with E-state index in [2.05, 4.69) is 36.2 Å². The van der Waals surface area contributed by atoms with Crippen molar-refractivity contribution in [1.29, 1.82) is 0 Å². The van der Waals surface area contributed by atoms with Crippen molar-refractivity contribution in [3.05, 3.63) is 12.2 Å². The van der Waals surface area contributed by atoms with Gasteiger partial charge in [-0.2, -0.15) is 11.8 Å². The highest BCUT2D eigenvalue weighted by molar-refractivity contribution is 7.99. The summed E-state index contributed by atoms with van der Waals surface area (Å²) in [5.41, 5.74) is 0. The van der Waals surface area contributed by atoms with Crippen LogP contribution < -0.4 is 5.32 Å². The summed E-state index contributed by atoms with van der Waals surface area (Å²) in [6, 6.07) is 0. The van der Waals surface area contributed by atoms with Crippen LogP contribution in [0.3, 0.4) is 0 Å². The Morgan fingerprint density at radius 1 is 1.07 bits per heavy atom. The lowest BCUT2D eigenvalue weighted by atomic mass is 9.76. The number of fused-ring (bicyclic) bond motifs is 2. The van der Waals surface area contributed by atoms with Gasteiger partial charge in [-0.1, -0.05) is 38.3 Å². The van der Waals surface area contributed by atoms with Gasteiger partial charge in [0.2, 0.25) is 0 Å². The summed E-state index contributed by atoms with van der Waals surface area (Å²) in [5.74, 6) is 3.15. The molecular formula is C23H41NO3S. The fourth-order valence-electron chi connectivity index (χ4n) is 4.61. The second-order valence-electron chi connectivity index (χ2n) is 8.32. The molecule has 5 heteroatoms. The number of carboxylic acid groups (broad SMARTS) is 1. The van der Waals surface area contributed by atoms with Crippen molar-refractivity contribution in [3.8, 4) is 0 Å². The topological polar surface area (TPSA) is 58.6 Å². The number of allylic oxidation sites excluding steroid dienone is 2. The van der Waals surface area contributed by atoms with Crippen LogP contribution in [0.1, 0.15) is 77.6 Å². The number of hydrogen-bond donors (Lipinski definition) is 2. The average Bonchev–Trinajstić information content (AvgIpc) is 3.28. The van der Waals surface area contributed by atoms with Gasteiger partial charge >= 0.3 is 5.97 Å². The highest BCUT2D eigenvalue weighted by Gasteiger charge is 2.47. The number of carbonyl (C=O) groups is 1. The summed E-state index contributed by atoms with van der Waals surface area (Å²) in [7, 11) is 0. The molecule has 2 aliphatic rings. The zero-order valence-corrected chi connectivity index (χ0v) is 18.6. The van der Waals surface area contributed by atoms with Gasteiger partial charge in [0.15, 0.2) is 0 Å². The summed E-state index contributed by atoms with van der Waals surface area (Å²) in [5, 5.41) is 12.3. The minimum atomic E-state index is -0.695. The highest BCUT2D eigenvalue weighted by Crippen LogP contribution is 2.46. The molecule has 0 aromatic heterocycles. The van der Waals surface area contributed by atoms with Crippen LogP contribution in [0.25, 0.3) is 0 Å². The third-order valence-electron chi connectivity index (χ3n) is 6.15. The molecule has 2 rings (SSSR count). The van der Waals surface area contributed by atoms with E-state index in [0.29, 0.717) is 18.1 Å². The van der Waals surface area contributed by atoms with Gasteiger partial charge < -0.3 is 15.2 Å². The number of nitrogens with one attached hydrogen (secondary N) is 1. The smallest absolute Gasteiger partial charge is 0.303 e. The normalized spacial score (nSPS) is 26.5. The second-order valence-corrected chi connectivity index (χ2v) is 9.55. The predicted octanol–water partition coefficient (Wildman–Crippen LogP) is 5.27. The Labute approximate surface area is 176 Å². The molecule has 0 aromatic rings. The number of aliphatic carboxylic acids is 1. The molecule has 0 aromatic carbocycles. The molecular weight excluding hydrogens is 370 g/mol. The fourth-order valence-corrected chi connectivity index (χ4v) is 5.54. The first-order valence-corrected chi connectivity index (χ1v) is 12.7. The van der Waals surface area contributed by atoms with Crippen molar-refractivity contribution in [2.45, 2.75) is 89.8 Å². The van der Waals surface area contributed by atoms with E-state index in [1.165, 1.54) is 63.0 Å². The molecule has 0 aliphatic carbocycles. The predicted molar refractivity (Wildman–Crippen MR) is 119 cm³/mol. The van der Waals surface area contributed by atoms with Crippen molar-refractivity contribution in [2.24, 2.45) is 11.8 Å². The number of unbranched alkanes of at least 4 members (excludes halogenated alkanes) is 4. The molecule has 0 amide bonds. The molecule has 0 saturated carbocycles. The van der Waals surface area contributed by atoms with Gasteiger partial charge in [0, 0.05) is 18.7 Å². The van der Waals surface area contributed by atoms with E-state index >= 15 is 0 Å². The van der Waals surface area contributed by atoms with Gasteiger partial charge in [0.1, 0.15) is 0 Å². The zero-order chi connectivity index (χ0) is 20.0. The van der Waals surface area contributed by atoms with E-state index in [0.717, 1.165) is 31.7 Å². The van der Waals surface area contributed by atoms with E-state index < -0.39 is 5.97 Å². The van der Waals surface area contributed by atoms with Crippen molar-refractivity contribution >= 4 is 17.7 Å². The molecule has 2 bridgehead atoms. The van der Waals surface area contributed by atoms with Gasteiger partial charge in [0.25, 0.3) is 0 Å². The largest absolute Gasteiger partial charge is 0.481 e. The zero-order valence-electron chi connectivity index (χ0n) is 17.7. The van der Waals surface area contributed by atoms with Gasteiger partial charge in [-0.3, -0.25) is 4.79 Å². The summed E-state index contributed by atoms with van der Waals surface area (Å²) >= 11 is 2.08. The molecule has 0 unspecified atom stereocenters. The number of carboxylic acids is 1. The molecule has 162 valence electrons. The molecule has 28 heavy (non-hydrogen) atoms. The minimum Gasteiger partial charge on any atom is -0.481 e. The Balaban J connectivity index is 1.54. The molecule has 2 heterocycles. The van der Waals surface area contributed by atoms with Crippen LogP contribution in [0.5, 0.6) is 0 Å². The van der Waals surface area contributed by atoms with Gasteiger partial charge in [-0.25, -0.2) is 0 Å². The lowest BCUT2D eigenvalue weighted by molar-refractivity contribution is -0.137. The number of ether oxygens (including phenoxy) is 1. The number of hydrogen-bond acceptors (Lipinski definition) is 4. The maximum absolute atomic E-state index is 10.6. The molecule has 0 radical (unpaired) electrons. The summed E-state index contributed by atoms with van der Waals surface area (Å²) in [4.78, 5) is 10.6. The maximum Gasteiger partial charge on any atom is 0.303 e. The average molecular weight is 412 g/mol. The fraction of sp³-hybridized carbons (Fsp3) is 0.870. The summed E-state index contributed by atoms with van der Waals surface area (Å²) in [6.45, 7) is 4.56. The van der Waals surface area contributed by atoms with Gasteiger partial charge in [0.05, 0.1) is 12.2 Å². The van der Waals surface area contributed by atoms with E-state index in [4.69, 9.17) is 9.84 Å². The summed E-state index contributed by atoms with van der Waals surface area (Å²) in [6.07, 6.45) is 17.5. The van der Waals surface area contributed by atoms with Crippen LogP contribution in [0.15, 0.2) is 12.2 Å². The first kappa shape index (κ1) is 23.8. The van der Waals surface area contributed by atoms with Crippen molar-refractivity contribution in [2.75, 3.05) is 24.6 Å². The SMILES string of the molecule is CCCCCCNCCSCC[C@H]1[C@@H](C/C=C\CCCC(=O)O)[C@H]2CC[C@@H]1O2. The van der Waals surface area contributed by atoms with Crippen LogP contribution in [0.2, 0.25) is 0 Å². The van der Waals surface area contributed by atoms with E-state index in [-0.39, 0.29) is 6.42 Å². The Kier molecular flexibility index (Phi) is 12.3. The second kappa shape index (κ2) is 14.5. The third kappa shape index (κ3) is 8.87. The molecule has 4 nitrogen and oxygen atoms in total. The Morgan fingerprint density at radius 3 is 2.68 bits per heavy atom. The highest BCUT2D eigenvalue weighted by atomic mass is 32.2. The van der Waals surface area contributed by atoms with Crippen molar-refractivity contribution in [1.82, 2.24) is 5.32 Å². The van der Waals surface area contributed by atoms with Crippen LogP contribution in [0.4, 0.5) is 0 Å². The first-order valence-electron chi connectivity index (χ1n) is 11.5. The molecule has 2 fully saturated rings. The van der Waals surface area contributed by atoms with Crippen LogP contribution in [-0.2, 0) is 9.53 Å². The van der Waals surface area contributed by atoms with Crippen LogP contribution in [0, 0.1) is 11.8 Å². The lowest BCUT2D eigenvalue weighted by Crippen LogP contribution is -2.27. The van der Waals surface area contributed by atoms with Gasteiger partial charge in [-0.05, 0) is 69.1 Å². The standard InChI is InChI=1S/C23H41NO3S/c1-2-3-4-9-15-24-16-18-28-17-14-20-19(21-12-13-22(20)27-21)10-7-5-6-8-11-23(25)26/h5,7,19-22,24H,2-4,6,8-18H2,1H3,(H,25,26)/b7-5-/t19-,20+,21-,22+/m1/s1. The van der Waals surface area contributed by atoms with Gasteiger partial charge in [-0.15, -0.1) is 0 Å². The molecule has 0 spiro atoms. The molecule has 2 aliphatic heterocycles. The quantitative estimate of drug-likeness (QED) is 0.252. The first-order chi connectivity index (χ1) is 13.7. The third-order valence-corrected chi connectivity index (χ3v) is 7.17. The van der Waals surface area contributed by atoms with E-state index in [9.17, 15) is 4.79 Å². The van der Waals surface area contributed by atoms with Crippen molar-refractivity contribution in [3.63, 3.8) is 0 Å². The number of rotatable bonds is 17. The van der Waals surface area contributed by atoms with Crippen LogP contribution >= 0.6 is 11.8 Å². The monoisotopic (exact) mass is 411 g/mol. The Bertz CT molecular complexity index is 457. The lowest BCUT2D eigenvalue weighted by Gasteiger charge is -2.27. The van der Waals surface area contributed by atoms with Crippen LogP contribution in [-0.4, -0.2) is 47.9 Å². The molecule has 2 saturated heterocycles. The maximum atomic E-state index is 10.6. The minimum absolute atomic E-state index is 0.273.